The van der Waals surface area contributed by atoms with E-state index >= 15 is 0 Å². The molecule has 0 aromatic heterocycles. The van der Waals surface area contributed by atoms with Gasteiger partial charge in [0.05, 0.1) is 11.8 Å². The van der Waals surface area contributed by atoms with Crippen molar-refractivity contribution in [3.05, 3.63) is 29.8 Å². The Balaban J connectivity index is 2.37. The Bertz CT molecular complexity index is 408. The standard InChI is InChI=1S/C13H18N2OS/c1-2-10-5-3-4-6-12(10)15-11(7-14)8-17-9-13(15)16/h3-6,11H,2,7-9,14H2,1H3. The van der Waals surface area contributed by atoms with Crippen molar-refractivity contribution in [3.8, 4) is 0 Å². The largest absolute Gasteiger partial charge is 0.328 e. The van der Waals surface area contributed by atoms with Crippen LogP contribution < -0.4 is 10.6 Å². The van der Waals surface area contributed by atoms with Gasteiger partial charge in [-0.05, 0) is 18.1 Å². The summed E-state index contributed by atoms with van der Waals surface area (Å²) >= 11 is 1.68. The van der Waals surface area contributed by atoms with Crippen LogP contribution in [0.2, 0.25) is 0 Å². The Hall–Kier alpha value is -1.000. The highest BCUT2D eigenvalue weighted by Gasteiger charge is 2.29. The van der Waals surface area contributed by atoms with E-state index < -0.39 is 0 Å². The average molecular weight is 250 g/mol. The monoisotopic (exact) mass is 250 g/mol. The van der Waals surface area contributed by atoms with Gasteiger partial charge >= 0.3 is 0 Å². The SMILES string of the molecule is CCc1ccccc1N1C(=O)CSCC1CN. The minimum atomic E-state index is 0.133. The molecule has 0 spiro atoms. The van der Waals surface area contributed by atoms with Gasteiger partial charge in [0.15, 0.2) is 0 Å². The molecule has 1 aromatic carbocycles. The summed E-state index contributed by atoms with van der Waals surface area (Å²) in [5.74, 6) is 1.67. The number of para-hydroxylation sites is 1. The summed E-state index contributed by atoms with van der Waals surface area (Å²) in [4.78, 5) is 14.0. The second-order valence-corrected chi connectivity index (χ2v) is 5.18. The average Bonchev–Trinajstić information content (AvgIpc) is 2.38. The molecular weight excluding hydrogens is 232 g/mol. The highest BCUT2D eigenvalue weighted by molar-refractivity contribution is 8.00. The molecule has 1 aromatic rings. The second kappa shape index (κ2) is 5.56. The quantitative estimate of drug-likeness (QED) is 0.887. The molecule has 1 fully saturated rings. The fourth-order valence-corrected chi connectivity index (χ4v) is 3.17. The molecule has 92 valence electrons. The first kappa shape index (κ1) is 12.5. The first-order chi connectivity index (χ1) is 8.27. The summed E-state index contributed by atoms with van der Waals surface area (Å²) in [5, 5.41) is 0. The number of nitrogens with zero attached hydrogens (tertiary/aromatic N) is 1. The van der Waals surface area contributed by atoms with Crippen molar-refractivity contribution in [3.63, 3.8) is 0 Å². The number of nitrogens with two attached hydrogens (primary N) is 1. The zero-order chi connectivity index (χ0) is 12.3. The number of aryl methyl sites for hydroxylation is 1. The third kappa shape index (κ3) is 2.48. The molecule has 1 aliphatic heterocycles. The number of hydrogen-bond acceptors (Lipinski definition) is 3. The van der Waals surface area contributed by atoms with E-state index in [2.05, 4.69) is 13.0 Å². The van der Waals surface area contributed by atoms with E-state index in [1.165, 1.54) is 5.56 Å². The molecule has 0 saturated carbocycles. The van der Waals surface area contributed by atoms with Crippen LogP contribution in [-0.4, -0.2) is 30.0 Å². The number of amides is 1. The van der Waals surface area contributed by atoms with Crippen molar-refractivity contribution in [1.82, 2.24) is 0 Å². The topological polar surface area (TPSA) is 46.3 Å². The summed E-state index contributed by atoms with van der Waals surface area (Å²) in [5.41, 5.74) is 8.03. The minimum Gasteiger partial charge on any atom is -0.328 e. The number of carbonyl (C=O) groups is 1. The van der Waals surface area contributed by atoms with Gasteiger partial charge < -0.3 is 10.6 Å². The Morgan fingerprint density at radius 3 is 2.94 bits per heavy atom. The third-order valence-electron chi connectivity index (χ3n) is 3.07. The zero-order valence-electron chi connectivity index (χ0n) is 10.1. The first-order valence-electron chi connectivity index (χ1n) is 5.95. The lowest BCUT2D eigenvalue weighted by atomic mass is 10.1. The summed E-state index contributed by atoms with van der Waals surface area (Å²) in [6.45, 7) is 2.64. The lowest BCUT2D eigenvalue weighted by Gasteiger charge is -2.35. The van der Waals surface area contributed by atoms with Gasteiger partial charge in [-0.3, -0.25) is 4.79 Å². The third-order valence-corrected chi connectivity index (χ3v) is 4.15. The van der Waals surface area contributed by atoms with E-state index in [9.17, 15) is 4.79 Å². The molecule has 2 rings (SSSR count). The van der Waals surface area contributed by atoms with Crippen molar-refractivity contribution in [1.29, 1.82) is 0 Å². The maximum Gasteiger partial charge on any atom is 0.237 e. The minimum absolute atomic E-state index is 0.133. The Labute approximate surface area is 106 Å². The maximum absolute atomic E-state index is 12.1. The molecule has 1 atom stereocenters. The summed E-state index contributed by atoms with van der Waals surface area (Å²) in [6.07, 6.45) is 0.935. The normalized spacial score (nSPS) is 20.7. The first-order valence-corrected chi connectivity index (χ1v) is 7.11. The van der Waals surface area contributed by atoms with Crippen molar-refractivity contribution in [2.75, 3.05) is 23.0 Å². The van der Waals surface area contributed by atoms with Crippen LogP contribution in [0.15, 0.2) is 24.3 Å². The lowest BCUT2D eigenvalue weighted by molar-refractivity contribution is -0.116. The fourth-order valence-electron chi connectivity index (χ4n) is 2.18. The maximum atomic E-state index is 12.1. The molecule has 1 saturated heterocycles. The number of benzene rings is 1. The van der Waals surface area contributed by atoms with Crippen LogP contribution in [0.3, 0.4) is 0 Å². The highest BCUT2D eigenvalue weighted by atomic mass is 32.2. The molecule has 1 aliphatic rings. The van der Waals surface area contributed by atoms with E-state index in [-0.39, 0.29) is 11.9 Å². The second-order valence-electron chi connectivity index (χ2n) is 4.15. The van der Waals surface area contributed by atoms with E-state index in [0.29, 0.717) is 12.3 Å². The molecule has 1 heterocycles. The van der Waals surface area contributed by atoms with Gasteiger partial charge in [0.1, 0.15) is 0 Å². The molecule has 0 aliphatic carbocycles. The lowest BCUT2D eigenvalue weighted by Crippen LogP contribution is -2.50. The molecule has 3 nitrogen and oxygen atoms in total. The number of rotatable bonds is 3. The van der Waals surface area contributed by atoms with Crippen LogP contribution in [0.1, 0.15) is 12.5 Å². The van der Waals surface area contributed by atoms with E-state index in [0.717, 1.165) is 17.9 Å². The summed E-state index contributed by atoms with van der Waals surface area (Å²) in [7, 11) is 0. The van der Waals surface area contributed by atoms with Gasteiger partial charge in [0.25, 0.3) is 0 Å². The van der Waals surface area contributed by atoms with Crippen molar-refractivity contribution >= 4 is 23.4 Å². The molecule has 0 bridgehead atoms. The smallest absolute Gasteiger partial charge is 0.237 e. The molecule has 4 heteroatoms. The number of carbonyl (C=O) groups excluding carboxylic acids is 1. The molecule has 1 unspecified atom stereocenters. The van der Waals surface area contributed by atoms with Crippen molar-refractivity contribution in [2.24, 2.45) is 5.73 Å². The predicted molar refractivity (Wildman–Crippen MR) is 73.5 cm³/mol. The zero-order valence-corrected chi connectivity index (χ0v) is 10.9. The fraction of sp³-hybridized carbons (Fsp3) is 0.462. The molecule has 17 heavy (non-hydrogen) atoms. The number of thioether (sulfide) groups is 1. The Kier molecular flexibility index (Phi) is 4.07. The molecular formula is C13H18N2OS. The van der Waals surface area contributed by atoms with Gasteiger partial charge in [-0.25, -0.2) is 0 Å². The van der Waals surface area contributed by atoms with Gasteiger partial charge in [-0.15, -0.1) is 11.8 Å². The van der Waals surface area contributed by atoms with Gasteiger partial charge in [-0.2, -0.15) is 0 Å². The van der Waals surface area contributed by atoms with Crippen molar-refractivity contribution in [2.45, 2.75) is 19.4 Å². The van der Waals surface area contributed by atoms with Crippen LogP contribution >= 0.6 is 11.8 Å². The van der Waals surface area contributed by atoms with Crippen LogP contribution in [0.5, 0.6) is 0 Å². The van der Waals surface area contributed by atoms with Gasteiger partial charge in [0.2, 0.25) is 5.91 Å². The van der Waals surface area contributed by atoms with Crippen LogP contribution in [-0.2, 0) is 11.2 Å². The van der Waals surface area contributed by atoms with Crippen LogP contribution in [0, 0.1) is 0 Å². The van der Waals surface area contributed by atoms with Crippen molar-refractivity contribution < 1.29 is 4.79 Å². The van der Waals surface area contributed by atoms with E-state index in [1.54, 1.807) is 11.8 Å². The van der Waals surface area contributed by atoms with Gasteiger partial charge in [0, 0.05) is 18.0 Å². The molecule has 0 radical (unpaired) electrons. The molecule has 1 amide bonds. The van der Waals surface area contributed by atoms with Gasteiger partial charge in [-0.1, -0.05) is 25.1 Å². The summed E-state index contributed by atoms with van der Waals surface area (Å²) in [6, 6.07) is 8.24. The van der Waals surface area contributed by atoms with Crippen LogP contribution in [0.25, 0.3) is 0 Å². The van der Waals surface area contributed by atoms with Crippen LogP contribution in [0.4, 0.5) is 5.69 Å². The van der Waals surface area contributed by atoms with E-state index in [1.807, 2.05) is 23.1 Å². The Morgan fingerprint density at radius 1 is 1.47 bits per heavy atom. The van der Waals surface area contributed by atoms with E-state index in [4.69, 9.17) is 5.73 Å². The number of anilines is 1. The Morgan fingerprint density at radius 2 is 2.24 bits per heavy atom. The highest BCUT2D eigenvalue weighted by Crippen LogP contribution is 2.28. The predicted octanol–water partition coefficient (Wildman–Crippen LogP) is 1.66. The molecule has 2 N–H and O–H groups in total. The summed E-state index contributed by atoms with van der Waals surface area (Å²) < 4.78 is 0. The number of hydrogen-bond donors (Lipinski definition) is 1.